The van der Waals surface area contributed by atoms with Gasteiger partial charge in [-0.3, -0.25) is 0 Å². The predicted octanol–water partition coefficient (Wildman–Crippen LogP) is 14.7. The van der Waals surface area contributed by atoms with Gasteiger partial charge in [0.15, 0.2) is 0 Å². The van der Waals surface area contributed by atoms with Crippen LogP contribution in [0.15, 0.2) is 176 Å². The highest BCUT2D eigenvalue weighted by atomic mass is 15.1. The van der Waals surface area contributed by atoms with Gasteiger partial charge in [-0.2, -0.15) is 0 Å². The van der Waals surface area contributed by atoms with Crippen LogP contribution in [0.2, 0.25) is 0 Å². The minimum atomic E-state index is -0.0501. The minimum Gasteiger partial charge on any atom is -0.336 e. The van der Waals surface area contributed by atoms with E-state index < -0.39 is 0 Å². The number of hydrogen-bond acceptors (Lipinski definition) is 1. The third-order valence-corrected chi connectivity index (χ3v) is 12.8. The second kappa shape index (κ2) is 11.2. The molecule has 0 atom stereocenters. The average molecular weight is 700 g/mol. The molecule has 1 nitrogen and oxygen atoms in total. The highest BCUT2D eigenvalue weighted by molar-refractivity contribution is 6.39. The standard InChI is InChI=1S/C54H37N/c1-54(2)49-22-12-11-18-42(49)43-27-25-36(31-50(43)54)55-32-35-13-3-4-14-37(35)47-29-34(24-28-51(47)55)33-23-26-41-40-17-7-9-20-45(40)52-44-19-8-5-15-38(44)39-16-6-10-21-46(39)53(52)48(41)30-33/h3-31H,32H2,1-2H3. The van der Waals surface area contributed by atoms with Crippen LogP contribution in [0.4, 0.5) is 11.4 Å². The van der Waals surface area contributed by atoms with Gasteiger partial charge >= 0.3 is 0 Å². The number of anilines is 2. The van der Waals surface area contributed by atoms with Crippen LogP contribution in [0.3, 0.4) is 0 Å². The maximum Gasteiger partial charge on any atom is 0.0494 e. The van der Waals surface area contributed by atoms with Gasteiger partial charge in [-0.15, -0.1) is 0 Å². The maximum atomic E-state index is 2.53. The number of rotatable bonds is 2. The first kappa shape index (κ1) is 30.7. The largest absolute Gasteiger partial charge is 0.336 e. The van der Waals surface area contributed by atoms with Crippen LogP contribution in [0.5, 0.6) is 0 Å². The molecular formula is C54H37N. The van der Waals surface area contributed by atoms with Crippen LogP contribution in [0.1, 0.15) is 30.5 Å². The lowest BCUT2D eigenvalue weighted by molar-refractivity contribution is 0.660. The van der Waals surface area contributed by atoms with Crippen molar-refractivity contribution in [2.45, 2.75) is 25.8 Å². The summed E-state index contributed by atoms with van der Waals surface area (Å²) in [5, 5.41) is 13.1. The van der Waals surface area contributed by atoms with Crippen molar-refractivity contribution < 1.29 is 0 Å². The molecule has 2 aliphatic rings. The fourth-order valence-electron chi connectivity index (χ4n) is 10.2. The van der Waals surface area contributed by atoms with Crippen molar-refractivity contribution in [3.63, 3.8) is 0 Å². The molecule has 12 rings (SSSR count). The fourth-order valence-corrected chi connectivity index (χ4v) is 10.2. The molecule has 1 heterocycles. The molecule has 0 spiro atoms. The van der Waals surface area contributed by atoms with Crippen LogP contribution in [-0.4, -0.2) is 0 Å². The van der Waals surface area contributed by atoms with E-state index in [0.29, 0.717) is 0 Å². The lowest BCUT2D eigenvalue weighted by Gasteiger charge is -2.34. The molecule has 0 unspecified atom stereocenters. The van der Waals surface area contributed by atoms with Crippen molar-refractivity contribution in [2.24, 2.45) is 0 Å². The van der Waals surface area contributed by atoms with Gasteiger partial charge in [-0.25, -0.2) is 0 Å². The molecule has 0 aromatic heterocycles. The molecule has 10 aromatic rings. The molecule has 55 heavy (non-hydrogen) atoms. The zero-order valence-electron chi connectivity index (χ0n) is 30.9. The molecular weight excluding hydrogens is 663 g/mol. The van der Waals surface area contributed by atoms with Gasteiger partial charge < -0.3 is 4.90 Å². The van der Waals surface area contributed by atoms with Crippen LogP contribution in [0, 0.1) is 0 Å². The van der Waals surface area contributed by atoms with Crippen molar-refractivity contribution in [3.8, 4) is 33.4 Å². The smallest absolute Gasteiger partial charge is 0.0494 e. The Bertz CT molecular complexity index is 3260. The maximum absolute atomic E-state index is 2.53. The molecule has 0 radical (unpaired) electrons. The Labute approximate surface area is 320 Å². The zero-order valence-corrected chi connectivity index (χ0v) is 30.9. The minimum absolute atomic E-state index is 0.0501. The number of nitrogens with zero attached hydrogens (tertiary/aromatic N) is 1. The van der Waals surface area contributed by atoms with Gasteiger partial charge in [0, 0.05) is 28.9 Å². The van der Waals surface area contributed by atoms with Gasteiger partial charge in [-0.1, -0.05) is 159 Å². The summed E-state index contributed by atoms with van der Waals surface area (Å²) in [5.74, 6) is 0. The topological polar surface area (TPSA) is 3.24 Å². The first-order chi connectivity index (χ1) is 27.0. The normalized spacial score (nSPS) is 14.0. The predicted molar refractivity (Wildman–Crippen MR) is 235 cm³/mol. The van der Waals surface area contributed by atoms with Crippen LogP contribution in [-0.2, 0) is 12.0 Å². The van der Waals surface area contributed by atoms with E-state index in [1.807, 2.05) is 0 Å². The van der Waals surface area contributed by atoms with Crippen molar-refractivity contribution in [1.82, 2.24) is 0 Å². The summed E-state index contributed by atoms with van der Waals surface area (Å²) in [4.78, 5) is 2.53. The Morgan fingerprint density at radius 3 is 1.62 bits per heavy atom. The Balaban J connectivity index is 1.07. The second-order valence-electron chi connectivity index (χ2n) is 16.0. The first-order valence-corrected chi connectivity index (χ1v) is 19.5. The Morgan fingerprint density at radius 2 is 0.909 bits per heavy atom. The van der Waals surface area contributed by atoms with Gasteiger partial charge in [0.1, 0.15) is 0 Å². The van der Waals surface area contributed by atoms with E-state index in [2.05, 4.69) is 195 Å². The highest BCUT2D eigenvalue weighted by Crippen LogP contribution is 2.52. The summed E-state index contributed by atoms with van der Waals surface area (Å²) in [6, 6.07) is 66.2. The number of hydrogen-bond donors (Lipinski definition) is 0. The van der Waals surface area contributed by atoms with Gasteiger partial charge in [-0.05, 0) is 129 Å². The molecule has 1 heteroatoms. The summed E-state index contributed by atoms with van der Waals surface area (Å²) < 4.78 is 0. The van der Waals surface area contributed by atoms with Gasteiger partial charge in [0.05, 0.1) is 0 Å². The van der Waals surface area contributed by atoms with Crippen LogP contribution < -0.4 is 4.90 Å². The van der Waals surface area contributed by atoms with Crippen molar-refractivity contribution in [1.29, 1.82) is 0 Å². The highest BCUT2D eigenvalue weighted by Gasteiger charge is 2.36. The molecule has 0 bridgehead atoms. The van der Waals surface area contributed by atoms with E-state index in [-0.39, 0.29) is 5.41 Å². The molecule has 1 aliphatic carbocycles. The lowest BCUT2D eigenvalue weighted by atomic mass is 9.82. The number of fused-ring (bicyclic) bond motifs is 17. The fraction of sp³-hybridized carbons (Fsp3) is 0.0741. The quantitative estimate of drug-likeness (QED) is 0.162. The monoisotopic (exact) mass is 699 g/mol. The molecule has 0 fully saturated rings. The average Bonchev–Trinajstić information content (AvgIpc) is 3.48. The first-order valence-electron chi connectivity index (χ1n) is 19.5. The van der Waals surface area contributed by atoms with E-state index in [1.165, 1.54) is 115 Å². The molecule has 0 saturated carbocycles. The Morgan fingerprint density at radius 1 is 0.382 bits per heavy atom. The lowest BCUT2D eigenvalue weighted by Crippen LogP contribution is -2.22. The summed E-state index contributed by atoms with van der Waals surface area (Å²) >= 11 is 0. The molecule has 0 saturated heterocycles. The third kappa shape index (κ3) is 4.24. The molecule has 0 N–H and O–H groups in total. The second-order valence-corrected chi connectivity index (χ2v) is 16.0. The van der Waals surface area contributed by atoms with Crippen molar-refractivity contribution in [2.75, 3.05) is 4.90 Å². The van der Waals surface area contributed by atoms with Crippen molar-refractivity contribution in [3.05, 3.63) is 193 Å². The van der Waals surface area contributed by atoms with E-state index >= 15 is 0 Å². The van der Waals surface area contributed by atoms with Crippen LogP contribution >= 0.6 is 0 Å². The summed E-state index contributed by atoms with van der Waals surface area (Å²) in [7, 11) is 0. The molecule has 0 amide bonds. The van der Waals surface area contributed by atoms with E-state index in [0.717, 1.165) is 6.54 Å². The van der Waals surface area contributed by atoms with Gasteiger partial charge in [0.25, 0.3) is 0 Å². The number of benzene rings is 10. The summed E-state index contributed by atoms with van der Waals surface area (Å²) in [5.41, 5.74) is 14.4. The van der Waals surface area contributed by atoms with E-state index in [1.54, 1.807) is 0 Å². The van der Waals surface area contributed by atoms with Crippen molar-refractivity contribution >= 4 is 65.2 Å². The molecule has 1 aliphatic heterocycles. The summed E-state index contributed by atoms with van der Waals surface area (Å²) in [6.07, 6.45) is 0. The summed E-state index contributed by atoms with van der Waals surface area (Å²) in [6.45, 7) is 5.58. The molecule has 258 valence electrons. The van der Waals surface area contributed by atoms with Crippen LogP contribution in [0.25, 0.3) is 87.2 Å². The zero-order chi connectivity index (χ0) is 36.4. The SMILES string of the molecule is CC1(C)c2ccccc2-c2ccc(N3Cc4ccccc4-c4cc(-c5ccc6c7ccccc7c7c8ccccc8c8ccccc8c7c6c5)ccc43)cc21. The molecule has 10 aromatic carbocycles. The third-order valence-electron chi connectivity index (χ3n) is 12.8. The van der Waals surface area contributed by atoms with E-state index in [4.69, 9.17) is 0 Å². The van der Waals surface area contributed by atoms with Gasteiger partial charge in [0.2, 0.25) is 0 Å². The van der Waals surface area contributed by atoms with E-state index in [9.17, 15) is 0 Å². The Hall–Kier alpha value is -6.70. The Kier molecular flexibility index (Phi) is 6.24.